The number of hydrogen-bond donors (Lipinski definition) is 0. The molecule has 0 N–H and O–H groups in total. The minimum atomic E-state index is 1.04. The van der Waals surface area contributed by atoms with Gasteiger partial charge in [0, 0.05) is 27.1 Å². The molecule has 0 atom stereocenters. The van der Waals surface area contributed by atoms with Crippen molar-refractivity contribution in [1.29, 1.82) is 0 Å². The number of aromatic nitrogens is 1. The third kappa shape index (κ3) is 4.90. The number of pyridine rings is 1. The fourth-order valence-corrected chi connectivity index (χ4v) is 8.64. The van der Waals surface area contributed by atoms with Crippen molar-refractivity contribution in [2.75, 3.05) is 0 Å². The first kappa shape index (κ1) is 30.5. The Labute approximate surface area is 313 Å². The van der Waals surface area contributed by atoms with Gasteiger partial charge in [-0.3, -0.25) is 0 Å². The SMILES string of the molecule is c1cc(-c2cc(-c3cccc4ccccc34)cc(-c3cccc4ccccc34)c2)cc(-c2c3ccc4ccccc4c3nc3c2ccc2ccccc23)c1. The van der Waals surface area contributed by atoms with E-state index in [0.717, 1.165) is 21.8 Å². The Kier molecular flexibility index (Phi) is 6.93. The average Bonchev–Trinajstić information content (AvgIpc) is 3.25. The molecule has 11 rings (SSSR count). The molecule has 10 aromatic carbocycles. The molecular formula is C53H33N. The monoisotopic (exact) mass is 683 g/mol. The third-order valence-corrected chi connectivity index (χ3v) is 11.2. The van der Waals surface area contributed by atoms with Crippen molar-refractivity contribution in [2.45, 2.75) is 0 Å². The van der Waals surface area contributed by atoms with Gasteiger partial charge in [-0.05, 0) is 95.5 Å². The van der Waals surface area contributed by atoms with Crippen molar-refractivity contribution in [2.24, 2.45) is 0 Å². The largest absolute Gasteiger partial charge is 0.246 e. The van der Waals surface area contributed by atoms with Gasteiger partial charge in [0.15, 0.2) is 0 Å². The average molecular weight is 684 g/mol. The molecule has 250 valence electrons. The molecule has 1 aromatic heterocycles. The minimum absolute atomic E-state index is 1.04. The lowest BCUT2D eigenvalue weighted by Gasteiger charge is -2.17. The van der Waals surface area contributed by atoms with E-state index in [1.54, 1.807) is 0 Å². The Morgan fingerprint density at radius 1 is 0.241 bits per heavy atom. The summed E-state index contributed by atoms with van der Waals surface area (Å²) >= 11 is 0. The van der Waals surface area contributed by atoms with Crippen LogP contribution in [0.5, 0.6) is 0 Å². The van der Waals surface area contributed by atoms with Crippen molar-refractivity contribution >= 4 is 64.9 Å². The Morgan fingerprint density at radius 3 is 1.17 bits per heavy atom. The van der Waals surface area contributed by atoms with E-state index in [9.17, 15) is 0 Å². The molecule has 0 aliphatic rings. The highest BCUT2D eigenvalue weighted by Gasteiger charge is 2.17. The predicted molar refractivity (Wildman–Crippen MR) is 231 cm³/mol. The van der Waals surface area contributed by atoms with E-state index < -0.39 is 0 Å². The van der Waals surface area contributed by atoms with Crippen LogP contribution in [0.2, 0.25) is 0 Å². The first-order chi connectivity index (χ1) is 26.8. The molecule has 54 heavy (non-hydrogen) atoms. The van der Waals surface area contributed by atoms with Crippen LogP contribution in [0.4, 0.5) is 0 Å². The predicted octanol–water partition coefficient (Wildman–Crippen LogP) is 14.7. The zero-order valence-corrected chi connectivity index (χ0v) is 29.5. The molecule has 0 aliphatic carbocycles. The van der Waals surface area contributed by atoms with Gasteiger partial charge in [-0.1, -0.05) is 176 Å². The lowest BCUT2D eigenvalue weighted by molar-refractivity contribution is 1.53. The van der Waals surface area contributed by atoms with Gasteiger partial charge >= 0.3 is 0 Å². The Balaban J connectivity index is 1.19. The summed E-state index contributed by atoms with van der Waals surface area (Å²) < 4.78 is 0. The van der Waals surface area contributed by atoms with Gasteiger partial charge in [0.25, 0.3) is 0 Å². The Morgan fingerprint density at radius 2 is 0.630 bits per heavy atom. The summed E-state index contributed by atoms with van der Waals surface area (Å²) in [5.74, 6) is 0. The summed E-state index contributed by atoms with van der Waals surface area (Å²) in [4.78, 5) is 5.44. The maximum atomic E-state index is 5.44. The van der Waals surface area contributed by atoms with Gasteiger partial charge in [0.2, 0.25) is 0 Å². The van der Waals surface area contributed by atoms with Crippen LogP contribution in [-0.2, 0) is 0 Å². The van der Waals surface area contributed by atoms with Crippen molar-refractivity contribution in [3.63, 3.8) is 0 Å². The highest BCUT2D eigenvalue weighted by atomic mass is 14.7. The highest BCUT2D eigenvalue weighted by molar-refractivity contribution is 6.21. The molecule has 0 radical (unpaired) electrons. The van der Waals surface area contributed by atoms with Crippen LogP contribution in [0, 0.1) is 0 Å². The van der Waals surface area contributed by atoms with E-state index in [1.807, 2.05) is 0 Å². The van der Waals surface area contributed by atoms with Crippen LogP contribution < -0.4 is 0 Å². The van der Waals surface area contributed by atoms with Crippen LogP contribution >= 0.6 is 0 Å². The number of hydrogen-bond acceptors (Lipinski definition) is 1. The molecule has 1 heteroatoms. The number of rotatable bonds is 4. The molecule has 1 nitrogen and oxygen atoms in total. The van der Waals surface area contributed by atoms with Gasteiger partial charge < -0.3 is 0 Å². The standard InChI is InChI=1S/C53H33N/c1-5-20-43-34(12-1)16-10-24-45(43)41-31-40(32-42(33-41)46-25-11-17-35-13-2-6-21-44(35)46)38-18-9-19-39(30-38)51-49-28-26-36-14-3-7-22-47(36)52(49)54-53-48-23-8-4-15-37(48)27-29-50(51)53/h1-33H. The maximum absolute atomic E-state index is 5.44. The molecule has 0 amide bonds. The smallest absolute Gasteiger partial charge is 0.0794 e. The molecule has 0 unspecified atom stereocenters. The second kappa shape index (κ2) is 12.3. The zero-order valence-electron chi connectivity index (χ0n) is 29.5. The second-order valence-electron chi connectivity index (χ2n) is 14.3. The van der Waals surface area contributed by atoms with E-state index in [4.69, 9.17) is 4.98 Å². The molecule has 0 saturated carbocycles. The van der Waals surface area contributed by atoms with Gasteiger partial charge in [0.05, 0.1) is 11.0 Å². The zero-order chi connectivity index (χ0) is 35.6. The van der Waals surface area contributed by atoms with Crippen molar-refractivity contribution in [3.05, 3.63) is 200 Å². The first-order valence-electron chi connectivity index (χ1n) is 18.6. The maximum Gasteiger partial charge on any atom is 0.0794 e. The van der Waals surface area contributed by atoms with Crippen LogP contribution in [0.15, 0.2) is 200 Å². The number of benzene rings is 10. The summed E-state index contributed by atoms with van der Waals surface area (Å²) in [6.07, 6.45) is 0. The van der Waals surface area contributed by atoms with Crippen LogP contribution in [-0.4, -0.2) is 4.98 Å². The second-order valence-corrected chi connectivity index (χ2v) is 14.3. The summed E-state index contributed by atoms with van der Waals surface area (Å²) in [7, 11) is 0. The van der Waals surface area contributed by atoms with Crippen molar-refractivity contribution in [1.82, 2.24) is 4.98 Å². The van der Waals surface area contributed by atoms with Gasteiger partial charge in [-0.2, -0.15) is 0 Å². The normalized spacial score (nSPS) is 11.7. The molecule has 11 aromatic rings. The summed E-state index contributed by atoms with van der Waals surface area (Å²) in [6, 6.07) is 73.1. The van der Waals surface area contributed by atoms with E-state index >= 15 is 0 Å². The lowest BCUT2D eigenvalue weighted by atomic mass is 9.88. The number of nitrogens with zero attached hydrogens (tertiary/aromatic N) is 1. The van der Waals surface area contributed by atoms with Crippen LogP contribution in [0.1, 0.15) is 0 Å². The summed E-state index contributed by atoms with van der Waals surface area (Å²) in [6.45, 7) is 0. The van der Waals surface area contributed by atoms with Crippen LogP contribution in [0.25, 0.3) is 109 Å². The van der Waals surface area contributed by atoms with Crippen LogP contribution in [0.3, 0.4) is 0 Å². The fourth-order valence-electron chi connectivity index (χ4n) is 8.64. The van der Waals surface area contributed by atoms with E-state index in [1.165, 1.54) is 87.6 Å². The lowest BCUT2D eigenvalue weighted by Crippen LogP contribution is -1.92. The molecule has 0 bridgehead atoms. The molecule has 0 saturated heterocycles. The minimum Gasteiger partial charge on any atom is -0.246 e. The molecular weight excluding hydrogens is 651 g/mol. The molecule has 0 spiro atoms. The Hall–Kier alpha value is -7.09. The summed E-state index contributed by atoms with van der Waals surface area (Å²) in [5, 5.41) is 12.0. The van der Waals surface area contributed by atoms with E-state index in [-0.39, 0.29) is 0 Å². The Bertz CT molecular complexity index is 3080. The first-order valence-corrected chi connectivity index (χ1v) is 18.6. The quantitative estimate of drug-likeness (QED) is 0.133. The topological polar surface area (TPSA) is 12.9 Å². The van der Waals surface area contributed by atoms with Crippen molar-refractivity contribution in [3.8, 4) is 44.5 Å². The van der Waals surface area contributed by atoms with Gasteiger partial charge in [0.1, 0.15) is 0 Å². The fraction of sp³-hybridized carbons (Fsp3) is 0. The molecule has 0 fully saturated rings. The third-order valence-electron chi connectivity index (χ3n) is 11.2. The highest BCUT2D eigenvalue weighted by Crippen LogP contribution is 2.42. The van der Waals surface area contributed by atoms with Gasteiger partial charge in [-0.15, -0.1) is 0 Å². The summed E-state index contributed by atoms with van der Waals surface area (Å²) in [5.41, 5.74) is 11.7. The van der Waals surface area contributed by atoms with Gasteiger partial charge in [-0.25, -0.2) is 4.98 Å². The molecule has 1 heterocycles. The molecule has 0 aliphatic heterocycles. The van der Waals surface area contributed by atoms with Crippen molar-refractivity contribution < 1.29 is 0 Å². The van der Waals surface area contributed by atoms with E-state index in [2.05, 4.69) is 200 Å². The van der Waals surface area contributed by atoms with E-state index in [0.29, 0.717) is 0 Å². The number of fused-ring (bicyclic) bond motifs is 8.